The SMILES string of the molecule is CCCC/C=C\C/C=C\CCCCCCCC(=O)OCCCCCCCC/C=C\CCCCCCCCCC(=O)NC(CO)C(O)CCCCCCCCCCCCCCCCC. The summed E-state index contributed by atoms with van der Waals surface area (Å²) in [6, 6.07) is -0.551. The van der Waals surface area contributed by atoms with Crippen LogP contribution in [0.1, 0.15) is 290 Å². The predicted octanol–water partition coefficient (Wildman–Crippen LogP) is 16.9. The normalized spacial score (nSPS) is 12.9. The van der Waals surface area contributed by atoms with Crippen molar-refractivity contribution in [2.24, 2.45) is 0 Å². The lowest BCUT2D eigenvalue weighted by Crippen LogP contribution is -2.45. The van der Waals surface area contributed by atoms with E-state index in [1.807, 2.05) is 0 Å². The molecule has 0 heterocycles. The number of carbonyl (C=O) groups excluding carboxylic acids is 2. The molecule has 0 saturated carbocycles. The zero-order chi connectivity index (χ0) is 45.8. The van der Waals surface area contributed by atoms with Crippen molar-refractivity contribution in [3.05, 3.63) is 36.5 Å². The zero-order valence-corrected chi connectivity index (χ0v) is 42.1. The molecule has 1 amide bonds. The van der Waals surface area contributed by atoms with E-state index in [2.05, 4.69) is 55.6 Å². The van der Waals surface area contributed by atoms with E-state index in [1.54, 1.807) is 0 Å². The molecule has 2 atom stereocenters. The smallest absolute Gasteiger partial charge is 0.305 e. The van der Waals surface area contributed by atoms with Crippen LogP contribution in [-0.4, -0.2) is 47.4 Å². The third-order valence-corrected chi connectivity index (χ3v) is 12.7. The topological polar surface area (TPSA) is 95.9 Å². The van der Waals surface area contributed by atoms with E-state index in [0.29, 0.717) is 25.9 Å². The minimum atomic E-state index is -0.672. The molecule has 0 bridgehead atoms. The quantitative estimate of drug-likeness (QED) is 0.0321. The number of amides is 1. The van der Waals surface area contributed by atoms with Crippen LogP contribution in [0.4, 0.5) is 0 Å². The van der Waals surface area contributed by atoms with Crippen molar-refractivity contribution in [2.45, 2.75) is 302 Å². The summed E-state index contributed by atoms with van der Waals surface area (Å²) in [5.74, 6) is -0.0638. The van der Waals surface area contributed by atoms with Gasteiger partial charge in [0.2, 0.25) is 5.91 Å². The first-order chi connectivity index (χ1) is 31.0. The van der Waals surface area contributed by atoms with Gasteiger partial charge in [0.1, 0.15) is 0 Å². The number of unbranched alkanes of at least 4 members (excludes halogenated alkanes) is 34. The minimum Gasteiger partial charge on any atom is -0.466 e. The maximum atomic E-state index is 12.5. The number of hydrogen-bond donors (Lipinski definition) is 3. The maximum absolute atomic E-state index is 12.5. The van der Waals surface area contributed by atoms with Gasteiger partial charge in [-0.25, -0.2) is 0 Å². The Balaban J connectivity index is 3.47. The Hall–Kier alpha value is -1.92. The number of carbonyl (C=O) groups is 2. The van der Waals surface area contributed by atoms with Crippen molar-refractivity contribution in [3.63, 3.8) is 0 Å². The molecular formula is C57H107NO5. The van der Waals surface area contributed by atoms with E-state index in [4.69, 9.17) is 4.74 Å². The summed E-state index contributed by atoms with van der Waals surface area (Å²) in [5, 5.41) is 23.2. The molecule has 3 N–H and O–H groups in total. The molecule has 0 aliphatic rings. The number of nitrogens with one attached hydrogen (secondary N) is 1. The van der Waals surface area contributed by atoms with Crippen LogP contribution in [-0.2, 0) is 14.3 Å². The molecular weight excluding hydrogens is 779 g/mol. The summed E-state index contributed by atoms with van der Waals surface area (Å²) >= 11 is 0. The van der Waals surface area contributed by atoms with Crippen molar-refractivity contribution in [1.82, 2.24) is 5.32 Å². The summed E-state index contributed by atoms with van der Waals surface area (Å²) in [5.41, 5.74) is 0. The van der Waals surface area contributed by atoms with E-state index >= 15 is 0 Å². The van der Waals surface area contributed by atoms with E-state index in [0.717, 1.165) is 64.2 Å². The molecule has 0 aromatic rings. The van der Waals surface area contributed by atoms with Gasteiger partial charge in [0.05, 0.1) is 25.4 Å². The van der Waals surface area contributed by atoms with Crippen LogP contribution in [0.3, 0.4) is 0 Å². The second kappa shape index (κ2) is 52.7. The lowest BCUT2D eigenvalue weighted by atomic mass is 10.0. The largest absolute Gasteiger partial charge is 0.466 e. The van der Waals surface area contributed by atoms with Gasteiger partial charge in [-0.2, -0.15) is 0 Å². The molecule has 63 heavy (non-hydrogen) atoms. The highest BCUT2D eigenvalue weighted by Gasteiger charge is 2.20. The Morgan fingerprint density at radius 2 is 0.810 bits per heavy atom. The summed E-state index contributed by atoms with van der Waals surface area (Å²) in [4.78, 5) is 24.5. The fourth-order valence-electron chi connectivity index (χ4n) is 8.36. The first-order valence-electron chi connectivity index (χ1n) is 27.7. The first-order valence-corrected chi connectivity index (χ1v) is 27.7. The summed E-state index contributed by atoms with van der Waals surface area (Å²) in [7, 11) is 0. The molecule has 0 spiro atoms. The van der Waals surface area contributed by atoms with Gasteiger partial charge in [0, 0.05) is 12.8 Å². The Labute approximate surface area is 392 Å². The van der Waals surface area contributed by atoms with Crippen LogP contribution < -0.4 is 5.32 Å². The van der Waals surface area contributed by atoms with Gasteiger partial charge in [-0.1, -0.05) is 237 Å². The fourth-order valence-corrected chi connectivity index (χ4v) is 8.36. The molecule has 6 heteroatoms. The fraction of sp³-hybridized carbons (Fsp3) is 0.860. The first kappa shape index (κ1) is 61.1. The third kappa shape index (κ3) is 49.4. The number of hydrogen-bond acceptors (Lipinski definition) is 5. The van der Waals surface area contributed by atoms with Crippen LogP contribution in [0.5, 0.6) is 0 Å². The van der Waals surface area contributed by atoms with Gasteiger partial charge in [0.25, 0.3) is 0 Å². The van der Waals surface area contributed by atoms with Crippen LogP contribution >= 0.6 is 0 Å². The number of ether oxygens (including phenoxy) is 1. The van der Waals surface area contributed by atoms with E-state index in [1.165, 1.54) is 193 Å². The van der Waals surface area contributed by atoms with E-state index < -0.39 is 12.1 Å². The number of esters is 1. The Kier molecular flexibility index (Phi) is 51.1. The van der Waals surface area contributed by atoms with Gasteiger partial charge < -0.3 is 20.3 Å². The molecule has 0 saturated heterocycles. The molecule has 0 aromatic heterocycles. The maximum Gasteiger partial charge on any atom is 0.305 e. The van der Waals surface area contributed by atoms with Crippen LogP contribution in [0.2, 0.25) is 0 Å². The average molecular weight is 886 g/mol. The molecule has 0 radical (unpaired) electrons. The highest BCUT2D eigenvalue weighted by atomic mass is 16.5. The Morgan fingerprint density at radius 3 is 1.27 bits per heavy atom. The molecule has 370 valence electrons. The van der Waals surface area contributed by atoms with Crippen LogP contribution in [0.25, 0.3) is 0 Å². The molecule has 0 aliphatic carbocycles. The highest BCUT2D eigenvalue weighted by Crippen LogP contribution is 2.16. The second-order valence-corrected chi connectivity index (χ2v) is 18.9. The lowest BCUT2D eigenvalue weighted by Gasteiger charge is -2.22. The molecule has 0 aromatic carbocycles. The van der Waals surface area contributed by atoms with Crippen molar-refractivity contribution in [2.75, 3.05) is 13.2 Å². The summed E-state index contributed by atoms with van der Waals surface area (Å²) in [6.45, 7) is 4.89. The van der Waals surface area contributed by atoms with Gasteiger partial charge in [-0.05, 0) is 77.0 Å². The average Bonchev–Trinajstić information content (AvgIpc) is 3.28. The summed E-state index contributed by atoms with van der Waals surface area (Å²) in [6.07, 6.45) is 64.0. The highest BCUT2D eigenvalue weighted by molar-refractivity contribution is 5.76. The Bertz CT molecular complexity index is 1020. The number of rotatable bonds is 51. The van der Waals surface area contributed by atoms with Gasteiger partial charge in [-0.15, -0.1) is 0 Å². The van der Waals surface area contributed by atoms with Crippen molar-refractivity contribution < 1.29 is 24.5 Å². The Morgan fingerprint density at radius 1 is 0.444 bits per heavy atom. The van der Waals surface area contributed by atoms with Gasteiger partial charge in [-0.3, -0.25) is 9.59 Å². The van der Waals surface area contributed by atoms with Crippen LogP contribution in [0, 0.1) is 0 Å². The molecule has 2 unspecified atom stereocenters. The van der Waals surface area contributed by atoms with E-state index in [9.17, 15) is 19.8 Å². The minimum absolute atomic E-state index is 0.0167. The summed E-state index contributed by atoms with van der Waals surface area (Å²) < 4.78 is 5.45. The van der Waals surface area contributed by atoms with Crippen molar-refractivity contribution in [1.29, 1.82) is 0 Å². The standard InChI is InChI=1S/C57H107NO5/c1-3-5-7-9-11-13-15-17-22-25-29-33-37-41-45-49-55(60)54(53-59)58-56(61)50-46-42-38-34-30-26-23-20-19-21-24-28-32-36-40-44-48-52-63-57(62)51-47-43-39-35-31-27-18-16-14-12-10-8-6-4-2/h10,12,16,18-19,21,54-55,59-60H,3-9,11,13-15,17,20,22-53H2,1-2H3,(H,58,61)/b12-10-,18-16-,21-19-. The number of aliphatic hydroxyl groups is 2. The van der Waals surface area contributed by atoms with E-state index in [-0.39, 0.29) is 18.5 Å². The predicted molar refractivity (Wildman–Crippen MR) is 273 cm³/mol. The number of allylic oxidation sites excluding steroid dienone is 6. The number of aliphatic hydroxyl groups excluding tert-OH is 2. The van der Waals surface area contributed by atoms with Crippen LogP contribution in [0.15, 0.2) is 36.5 Å². The molecule has 0 aliphatic heterocycles. The lowest BCUT2D eigenvalue weighted by molar-refractivity contribution is -0.143. The molecule has 0 fully saturated rings. The molecule has 0 rings (SSSR count). The van der Waals surface area contributed by atoms with Crippen molar-refractivity contribution in [3.8, 4) is 0 Å². The zero-order valence-electron chi connectivity index (χ0n) is 42.1. The van der Waals surface area contributed by atoms with Gasteiger partial charge in [0.15, 0.2) is 0 Å². The van der Waals surface area contributed by atoms with Gasteiger partial charge >= 0.3 is 5.97 Å². The van der Waals surface area contributed by atoms with Crippen molar-refractivity contribution >= 4 is 11.9 Å². The monoisotopic (exact) mass is 886 g/mol. The molecule has 6 nitrogen and oxygen atoms in total. The second-order valence-electron chi connectivity index (χ2n) is 18.9. The third-order valence-electron chi connectivity index (χ3n) is 12.7.